The predicted molar refractivity (Wildman–Crippen MR) is 142 cm³/mol. The minimum atomic E-state index is -1.25. The summed E-state index contributed by atoms with van der Waals surface area (Å²) >= 11 is 0.964. The second-order valence-corrected chi connectivity index (χ2v) is 9.23. The molecule has 0 spiro atoms. The van der Waals surface area contributed by atoms with Gasteiger partial charge < -0.3 is 31.3 Å². The van der Waals surface area contributed by atoms with Crippen molar-refractivity contribution in [1.29, 1.82) is 0 Å². The summed E-state index contributed by atoms with van der Waals surface area (Å²) in [6.45, 7) is -0.762. The number of carbonyl (C=O) groups is 4. The van der Waals surface area contributed by atoms with E-state index in [2.05, 4.69) is 9.98 Å². The van der Waals surface area contributed by atoms with Crippen LogP contribution in [-0.4, -0.2) is 56.4 Å². The second kappa shape index (κ2) is 11.6. The topological polar surface area (TPSA) is 198 Å². The van der Waals surface area contributed by atoms with Crippen molar-refractivity contribution >= 4 is 57.7 Å². The average Bonchev–Trinajstić information content (AvgIpc) is 3.36. The minimum Gasteiger partial charge on any atom is -0.480 e. The Morgan fingerprint density at radius 3 is 2.45 bits per heavy atom. The first-order valence-electron chi connectivity index (χ1n) is 11.3. The van der Waals surface area contributed by atoms with Crippen molar-refractivity contribution in [3.63, 3.8) is 0 Å². The molecular weight excluding hydrogens is 545 g/mol. The summed E-state index contributed by atoms with van der Waals surface area (Å²) in [6.07, 6.45) is 0. The molecule has 0 saturated carbocycles. The van der Waals surface area contributed by atoms with Gasteiger partial charge in [-0.2, -0.15) is 0 Å². The number of carboxylic acids is 2. The maximum atomic E-state index is 14.4. The number of hydrogen-bond acceptors (Lipinski definition) is 8. The monoisotopic (exact) mass is 565 g/mol. The van der Waals surface area contributed by atoms with Crippen LogP contribution < -0.4 is 16.2 Å². The lowest BCUT2D eigenvalue weighted by Gasteiger charge is -2.20. The first-order valence-corrected chi connectivity index (χ1v) is 12.2. The predicted octanol–water partition coefficient (Wildman–Crippen LogP) is 2.98. The molecule has 4 aromatic rings. The van der Waals surface area contributed by atoms with Gasteiger partial charge in [0, 0.05) is 18.0 Å². The quantitative estimate of drug-likeness (QED) is 0.101. The van der Waals surface area contributed by atoms with Gasteiger partial charge in [-0.05, 0) is 53.4 Å². The van der Waals surface area contributed by atoms with Crippen LogP contribution in [0.15, 0.2) is 65.0 Å². The summed E-state index contributed by atoms with van der Waals surface area (Å²) < 4.78 is 19.7. The summed E-state index contributed by atoms with van der Waals surface area (Å²) in [5.41, 5.74) is 11.1. The highest BCUT2D eigenvalue weighted by molar-refractivity contribution is 7.12. The van der Waals surface area contributed by atoms with Gasteiger partial charge in [-0.3, -0.25) is 9.59 Å². The molecule has 40 heavy (non-hydrogen) atoms. The third kappa shape index (κ3) is 6.54. The third-order valence-electron chi connectivity index (χ3n) is 5.37. The van der Waals surface area contributed by atoms with Crippen LogP contribution in [0, 0.1) is 5.82 Å². The van der Waals surface area contributed by atoms with Crippen LogP contribution in [0.3, 0.4) is 0 Å². The number of nitrogens with two attached hydrogens (primary N) is 2. The van der Waals surface area contributed by atoms with Crippen molar-refractivity contribution in [2.24, 2.45) is 16.5 Å². The molecule has 0 aliphatic rings. The number of carbonyl (C=O) groups excluding carboxylic acids is 2. The maximum Gasteiger partial charge on any atom is 0.346 e. The van der Waals surface area contributed by atoms with Gasteiger partial charge in [-0.15, -0.1) is 11.3 Å². The van der Waals surface area contributed by atoms with E-state index in [0.717, 1.165) is 22.3 Å². The Bertz CT molecular complexity index is 1680. The number of aromatic nitrogens is 1. The van der Waals surface area contributed by atoms with Gasteiger partial charge >= 0.3 is 17.9 Å². The molecule has 14 heteroatoms. The number of nitrogens with zero attached hydrogens (tertiary/aromatic N) is 3. The summed E-state index contributed by atoms with van der Waals surface area (Å²) in [7, 11) is 0. The number of hydrogen-bond donors (Lipinski definition) is 4. The van der Waals surface area contributed by atoms with E-state index >= 15 is 0 Å². The van der Waals surface area contributed by atoms with Gasteiger partial charge in [-0.25, -0.2) is 24.0 Å². The van der Waals surface area contributed by atoms with Crippen molar-refractivity contribution in [3.05, 3.63) is 87.5 Å². The zero-order chi connectivity index (χ0) is 29.0. The normalized spacial score (nSPS) is 10.6. The van der Waals surface area contributed by atoms with Crippen molar-refractivity contribution in [3.8, 4) is 5.75 Å². The number of carboxylic acid groups (broad SMARTS) is 2. The average molecular weight is 566 g/mol. The van der Waals surface area contributed by atoms with E-state index in [1.807, 2.05) is 0 Å². The summed E-state index contributed by atoms with van der Waals surface area (Å²) in [5, 5.41) is 20.4. The first kappa shape index (κ1) is 27.7. The lowest BCUT2D eigenvalue weighted by molar-refractivity contribution is -0.137. The number of rotatable bonds is 9. The summed E-state index contributed by atoms with van der Waals surface area (Å²) in [5.74, 6) is -5.08. The molecule has 0 unspecified atom stereocenters. The van der Waals surface area contributed by atoms with Crippen LogP contribution in [-0.2, 0) is 11.3 Å². The SMILES string of the molecule is NC(N)=Nc1ccc(C(=O)Oc2ccc3nc(C(=O)N(CC(=O)O)Cc4csc(C(=O)O)c4)ccc3c2)c(F)c1. The van der Waals surface area contributed by atoms with Gasteiger partial charge in [0.25, 0.3) is 5.91 Å². The molecule has 0 saturated heterocycles. The van der Waals surface area contributed by atoms with E-state index in [4.69, 9.17) is 21.3 Å². The van der Waals surface area contributed by atoms with Gasteiger partial charge in [0.1, 0.15) is 28.7 Å². The number of fused-ring (bicyclic) bond motifs is 1. The number of benzene rings is 2. The lowest BCUT2D eigenvalue weighted by atomic mass is 10.1. The van der Waals surface area contributed by atoms with E-state index in [1.165, 1.54) is 53.9 Å². The Morgan fingerprint density at radius 2 is 1.80 bits per heavy atom. The number of aliphatic imine (C=N–C) groups is 1. The van der Waals surface area contributed by atoms with Crippen molar-refractivity contribution in [1.82, 2.24) is 9.88 Å². The number of amides is 1. The molecule has 0 aliphatic heterocycles. The van der Waals surface area contributed by atoms with Gasteiger partial charge in [0.2, 0.25) is 0 Å². The van der Waals surface area contributed by atoms with Crippen LogP contribution in [0.1, 0.15) is 36.1 Å². The van der Waals surface area contributed by atoms with Crippen molar-refractivity contribution in [2.45, 2.75) is 6.54 Å². The molecule has 204 valence electrons. The Kier molecular flexibility index (Phi) is 8.00. The molecule has 0 aliphatic carbocycles. The third-order valence-corrected chi connectivity index (χ3v) is 6.34. The Morgan fingerprint density at radius 1 is 1.02 bits per heavy atom. The molecule has 4 rings (SSSR count). The van der Waals surface area contributed by atoms with Gasteiger partial charge in [0.15, 0.2) is 5.96 Å². The first-order chi connectivity index (χ1) is 19.0. The zero-order valence-electron chi connectivity index (χ0n) is 20.4. The Hall–Kier alpha value is -5.37. The Balaban J connectivity index is 1.52. The fourth-order valence-electron chi connectivity index (χ4n) is 3.65. The fourth-order valence-corrected chi connectivity index (χ4v) is 4.39. The van der Waals surface area contributed by atoms with E-state index in [1.54, 1.807) is 0 Å². The molecule has 2 aromatic carbocycles. The summed E-state index contributed by atoms with van der Waals surface area (Å²) in [6, 6.07) is 12.1. The van der Waals surface area contributed by atoms with Crippen LogP contribution in [0.5, 0.6) is 5.75 Å². The van der Waals surface area contributed by atoms with E-state index in [9.17, 15) is 28.7 Å². The number of aromatic carboxylic acids is 1. The highest BCUT2D eigenvalue weighted by atomic mass is 32.1. The van der Waals surface area contributed by atoms with E-state index in [-0.39, 0.29) is 40.1 Å². The highest BCUT2D eigenvalue weighted by Crippen LogP contribution is 2.24. The molecule has 0 atom stereocenters. The fraction of sp³-hybridized carbons (Fsp3) is 0.0769. The van der Waals surface area contributed by atoms with E-state index < -0.39 is 36.2 Å². The molecule has 2 aromatic heterocycles. The lowest BCUT2D eigenvalue weighted by Crippen LogP contribution is -2.35. The molecule has 0 radical (unpaired) electrons. The van der Waals surface area contributed by atoms with Gasteiger partial charge in [-0.1, -0.05) is 6.07 Å². The van der Waals surface area contributed by atoms with Crippen LogP contribution in [0.4, 0.5) is 10.1 Å². The molecule has 1 amide bonds. The number of thiophene rings is 1. The summed E-state index contributed by atoms with van der Waals surface area (Å²) in [4.78, 5) is 57.2. The minimum absolute atomic E-state index is 0.0462. The molecule has 12 nitrogen and oxygen atoms in total. The van der Waals surface area contributed by atoms with Crippen LogP contribution in [0.25, 0.3) is 10.9 Å². The van der Waals surface area contributed by atoms with Crippen LogP contribution >= 0.6 is 11.3 Å². The molecule has 0 bridgehead atoms. The van der Waals surface area contributed by atoms with E-state index in [0.29, 0.717) is 16.5 Å². The Labute approximate surface area is 228 Å². The smallest absolute Gasteiger partial charge is 0.346 e. The van der Waals surface area contributed by atoms with Crippen molar-refractivity contribution < 1.29 is 38.5 Å². The molecular formula is C26H20FN5O7S. The van der Waals surface area contributed by atoms with Crippen molar-refractivity contribution in [2.75, 3.05) is 6.54 Å². The number of halogens is 1. The number of guanidine groups is 1. The number of ether oxygens (including phenoxy) is 1. The standard InChI is InChI=1S/C26H20FN5O7S/c27-18-9-15(30-26(28)29)2-4-17(18)25(38)39-16-3-6-19-14(8-16)1-5-20(31-19)23(35)32(11-22(33)34)10-13-7-21(24(36)37)40-12-13/h1-9,12H,10-11H2,(H,33,34)(H,36,37)(H4,28,29,30). The number of aliphatic carboxylic acids is 1. The molecule has 6 N–H and O–H groups in total. The largest absolute Gasteiger partial charge is 0.480 e. The molecule has 2 heterocycles. The highest BCUT2D eigenvalue weighted by Gasteiger charge is 2.22. The second-order valence-electron chi connectivity index (χ2n) is 8.32. The van der Waals surface area contributed by atoms with Crippen LogP contribution in [0.2, 0.25) is 0 Å². The number of esters is 1. The number of pyridine rings is 1. The zero-order valence-corrected chi connectivity index (χ0v) is 21.2. The maximum absolute atomic E-state index is 14.4. The van der Waals surface area contributed by atoms with Gasteiger partial charge in [0.05, 0.1) is 16.8 Å². The molecule has 0 fully saturated rings.